The number of para-hydroxylation sites is 2. The lowest BCUT2D eigenvalue weighted by Crippen LogP contribution is -2.42. The highest BCUT2D eigenvalue weighted by Crippen LogP contribution is 2.40. The van der Waals surface area contributed by atoms with Gasteiger partial charge in [0.05, 0.1) is 23.6 Å². The molecule has 1 unspecified atom stereocenters. The molecular formula is C20H23N5O3. The summed E-state index contributed by atoms with van der Waals surface area (Å²) in [6.07, 6.45) is 4.12. The number of nitrogens with one attached hydrogen (secondary N) is 2. The van der Waals surface area contributed by atoms with E-state index in [1.807, 2.05) is 10.7 Å². The molecule has 1 aliphatic carbocycles. The van der Waals surface area contributed by atoms with Gasteiger partial charge >= 0.3 is 0 Å². The summed E-state index contributed by atoms with van der Waals surface area (Å²) in [5, 5.41) is 9.92. The van der Waals surface area contributed by atoms with E-state index in [2.05, 4.69) is 22.7 Å². The minimum atomic E-state index is -0.252. The van der Waals surface area contributed by atoms with Crippen molar-refractivity contribution >= 4 is 34.9 Å². The Morgan fingerprint density at radius 3 is 2.82 bits per heavy atom. The van der Waals surface area contributed by atoms with E-state index in [0.717, 1.165) is 0 Å². The van der Waals surface area contributed by atoms with Crippen LogP contribution in [0.25, 0.3) is 0 Å². The molecule has 0 radical (unpaired) electrons. The van der Waals surface area contributed by atoms with Gasteiger partial charge in [-0.3, -0.25) is 14.4 Å². The fourth-order valence-corrected chi connectivity index (χ4v) is 3.53. The van der Waals surface area contributed by atoms with Gasteiger partial charge in [-0.15, -0.1) is 0 Å². The SMILES string of the molecule is CC(C1CC1)n1nccc1NC(=O)CCC(=O)N1CC(=O)Nc2ccccc21. The van der Waals surface area contributed by atoms with Gasteiger partial charge < -0.3 is 15.5 Å². The molecule has 1 fully saturated rings. The molecule has 28 heavy (non-hydrogen) atoms. The number of rotatable bonds is 6. The molecule has 2 heterocycles. The van der Waals surface area contributed by atoms with Gasteiger partial charge in [0, 0.05) is 18.9 Å². The summed E-state index contributed by atoms with van der Waals surface area (Å²) in [7, 11) is 0. The van der Waals surface area contributed by atoms with Crippen molar-refractivity contribution in [1.82, 2.24) is 9.78 Å². The van der Waals surface area contributed by atoms with Crippen LogP contribution in [-0.2, 0) is 14.4 Å². The minimum absolute atomic E-state index is 0.0275. The Hall–Kier alpha value is -3.16. The van der Waals surface area contributed by atoms with Crippen LogP contribution in [0.15, 0.2) is 36.5 Å². The number of amides is 3. The van der Waals surface area contributed by atoms with Crippen LogP contribution in [0.2, 0.25) is 0 Å². The lowest BCUT2D eigenvalue weighted by atomic mass is 10.1. The molecular weight excluding hydrogens is 358 g/mol. The topological polar surface area (TPSA) is 96.3 Å². The van der Waals surface area contributed by atoms with Crippen LogP contribution in [0.5, 0.6) is 0 Å². The average Bonchev–Trinajstić information content (AvgIpc) is 3.44. The zero-order valence-corrected chi connectivity index (χ0v) is 15.7. The molecule has 1 aliphatic heterocycles. The van der Waals surface area contributed by atoms with Crippen molar-refractivity contribution in [2.24, 2.45) is 5.92 Å². The van der Waals surface area contributed by atoms with Crippen LogP contribution in [-0.4, -0.2) is 34.0 Å². The van der Waals surface area contributed by atoms with Crippen LogP contribution in [0.1, 0.15) is 38.6 Å². The summed E-state index contributed by atoms with van der Waals surface area (Å²) in [6.45, 7) is 2.06. The first-order valence-corrected chi connectivity index (χ1v) is 9.55. The predicted molar refractivity (Wildman–Crippen MR) is 105 cm³/mol. The quantitative estimate of drug-likeness (QED) is 0.804. The van der Waals surface area contributed by atoms with Crippen LogP contribution in [0, 0.1) is 5.92 Å². The second-order valence-corrected chi connectivity index (χ2v) is 7.33. The molecule has 2 N–H and O–H groups in total. The maximum absolute atomic E-state index is 12.6. The van der Waals surface area contributed by atoms with Gasteiger partial charge in [-0.2, -0.15) is 5.10 Å². The van der Waals surface area contributed by atoms with E-state index in [1.54, 1.807) is 30.5 Å². The van der Waals surface area contributed by atoms with Crippen LogP contribution < -0.4 is 15.5 Å². The van der Waals surface area contributed by atoms with Crippen molar-refractivity contribution in [2.75, 3.05) is 22.1 Å². The Morgan fingerprint density at radius 2 is 2.04 bits per heavy atom. The number of fused-ring (bicyclic) bond motifs is 1. The molecule has 8 nitrogen and oxygen atoms in total. The van der Waals surface area contributed by atoms with E-state index < -0.39 is 0 Å². The highest BCUT2D eigenvalue weighted by molar-refractivity contribution is 6.10. The number of aromatic nitrogens is 2. The first-order valence-electron chi connectivity index (χ1n) is 9.55. The third kappa shape index (κ3) is 3.76. The molecule has 3 amide bonds. The molecule has 8 heteroatoms. The van der Waals surface area contributed by atoms with E-state index in [0.29, 0.717) is 23.1 Å². The number of benzene rings is 1. The molecule has 1 aromatic heterocycles. The van der Waals surface area contributed by atoms with Gasteiger partial charge in [-0.25, -0.2) is 4.68 Å². The van der Waals surface area contributed by atoms with Gasteiger partial charge in [-0.1, -0.05) is 12.1 Å². The Morgan fingerprint density at radius 1 is 1.25 bits per heavy atom. The highest BCUT2D eigenvalue weighted by atomic mass is 16.2. The molecule has 1 aromatic carbocycles. The van der Waals surface area contributed by atoms with Crippen molar-refractivity contribution in [3.63, 3.8) is 0 Å². The van der Waals surface area contributed by atoms with Crippen molar-refractivity contribution < 1.29 is 14.4 Å². The Kier molecular flexibility index (Phi) is 4.85. The Balaban J connectivity index is 1.36. The monoisotopic (exact) mass is 381 g/mol. The van der Waals surface area contributed by atoms with Gasteiger partial charge in [0.15, 0.2) is 0 Å². The highest BCUT2D eigenvalue weighted by Gasteiger charge is 2.31. The predicted octanol–water partition coefficient (Wildman–Crippen LogP) is 2.56. The number of hydrogen-bond acceptors (Lipinski definition) is 4. The zero-order valence-electron chi connectivity index (χ0n) is 15.7. The van der Waals surface area contributed by atoms with Crippen molar-refractivity contribution in [2.45, 2.75) is 38.6 Å². The first-order chi connectivity index (χ1) is 13.5. The molecule has 4 rings (SSSR count). The molecule has 0 spiro atoms. The fraction of sp³-hybridized carbons (Fsp3) is 0.400. The number of anilines is 3. The molecule has 1 atom stereocenters. The summed E-state index contributed by atoms with van der Waals surface area (Å²) in [6, 6.07) is 9.16. The third-order valence-corrected chi connectivity index (χ3v) is 5.27. The molecule has 2 aliphatic rings. The summed E-state index contributed by atoms with van der Waals surface area (Å²) in [5.41, 5.74) is 1.26. The lowest BCUT2D eigenvalue weighted by Gasteiger charge is -2.29. The smallest absolute Gasteiger partial charge is 0.244 e. The fourth-order valence-electron chi connectivity index (χ4n) is 3.53. The maximum Gasteiger partial charge on any atom is 0.244 e. The number of carbonyl (C=O) groups is 3. The standard InChI is InChI=1S/C20H23N5O3/c1-13(14-6-7-14)25-17(10-11-21-25)23-18(26)8-9-20(28)24-12-19(27)22-15-4-2-3-5-16(15)24/h2-5,10-11,13-14H,6-9,12H2,1H3,(H,22,27)(H,23,26). The normalized spacial score (nSPS) is 16.9. The summed E-state index contributed by atoms with van der Waals surface area (Å²) in [5.74, 6) is 0.529. The summed E-state index contributed by atoms with van der Waals surface area (Å²) in [4.78, 5) is 38.3. The molecule has 0 bridgehead atoms. The van der Waals surface area contributed by atoms with Crippen LogP contribution in [0.3, 0.4) is 0 Å². The largest absolute Gasteiger partial charge is 0.323 e. The average molecular weight is 381 g/mol. The van der Waals surface area contributed by atoms with Gasteiger partial charge in [-0.05, 0) is 37.8 Å². The van der Waals surface area contributed by atoms with Gasteiger partial charge in [0.2, 0.25) is 17.7 Å². The van der Waals surface area contributed by atoms with Crippen LogP contribution >= 0.6 is 0 Å². The second kappa shape index (κ2) is 7.46. The van der Waals surface area contributed by atoms with E-state index in [9.17, 15) is 14.4 Å². The molecule has 2 aromatic rings. The van der Waals surface area contributed by atoms with E-state index >= 15 is 0 Å². The van der Waals surface area contributed by atoms with Crippen molar-refractivity contribution in [3.8, 4) is 0 Å². The maximum atomic E-state index is 12.6. The molecule has 146 valence electrons. The molecule has 1 saturated carbocycles. The van der Waals surface area contributed by atoms with E-state index in [1.165, 1.54) is 17.7 Å². The Bertz CT molecular complexity index is 918. The number of nitrogens with zero attached hydrogens (tertiary/aromatic N) is 3. The van der Waals surface area contributed by atoms with Crippen LogP contribution in [0.4, 0.5) is 17.2 Å². The van der Waals surface area contributed by atoms with Gasteiger partial charge in [0.1, 0.15) is 12.4 Å². The minimum Gasteiger partial charge on any atom is -0.323 e. The lowest BCUT2D eigenvalue weighted by molar-refractivity contribution is -0.124. The third-order valence-electron chi connectivity index (χ3n) is 5.27. The second-order valence-electron chi connectivity index (χ2n) is 7.33. The zero-order chi connectivity index (χ0) is 19.7. The van der Waals surface area contributed by atoms with Crippen molar-refractivity contribution in [3.05, 3.63) is 36.5 Å². The van der Waals surface area contributed by atoms with Gasteiger partial charge in [0.25, 0.3) is 0 Å². The van der Waals surface area contributed by atoms with Crippen molar-refractivity contribution in [1.29, 1.82) is 0 Å². The number of hydrogen-bond donors (Lipinski definition) is 2. The first kappa shape index (κ1) is 18.2. The summed E-state index contributed by atoms with van der Waals surface area (Å²) < 4.78 is 1.84. The molecule has 0 saturated heterocycles. The van der Waals surface area contributed by atoms with E-state index in [-0.39, 0.29) is 43.1 Å². The van der Waals surface area contributed by atoms with E-state index in [4.69, 9.17) is 0 Å². The Labute approximate surface area is 162 Å². The number of carbonyl (C=O) groups excluding carboxylic acids is 3. The summed E-state index contributed by atoms with van der Waals surface area (Å²) >= 11 is 0.